The highest BCUT2D eigenvalue weighted by molar-refractivity contribution is 9.10. The van der Waals surface area contributed by atoms with E-state index in [1.54, 1.807) is 18.9 Å². The number of ether oxygens (including phenoxy) is 2. The number of rotatable bonds is 9. The summed E-state index contributed by atoms with van der Waals surface area (Å²) in [6, 6.07) is 15.4. The molecule has 0 aromatic heterocycles. The fraction of sp³-hybridized carbons (Fsp3) is 0.278. The largest absolute Gasteiger partial charge is 0.497 e. The Balaban J connectivity index is 1.60. The van der Waals surface area contributed by atoms with Crippen molar-refractivity contribution in [2.45, 2.75) is 0 Å². The first kappa shape index (κ1) is 19.5. The minimum absolute atomic E-state index is 0.402. The summed E-state index contributed by atoms with van der Waals surface area (Å²) in [5.41, 5.74) is 6.75. The van der Waals surface area contributed by atoms with Gasteiger partial charge in [0.05, 0.1) is 20.3 Å². The van der Waals surface area contributed by atoms with Gasteiger partial charge in [0.15, 0.2) is 5.96 Å². The molecule has 0 saturated carbocycles. The van der Waals surface area contributed by atoms with Crippen molar-refractivity contribution in [3.05, 3.63) is 53.0 Å². The van der Waals surface area contributed by atoms with Gasteiger partial charge in [-0.3, -0.25) is 4.99 Å². The molecule has 0 fully saturated rings. The van der Waals surface area contributed by atoms with E-state index in [9.17, 15) is 0 Å². The monoisotopic (exact) mass is 423 g/mol. The predicted octanol–water partition coefficient (Wildman–Crippen LogP) is 4.00. The molecule has 0 spiro atoms. The van der Waals surface area contributed by atoms with Crippen LogP contribution in [0.15, 0.2) is 58.0 Å². The third-order valence-corrected chi connectivity index (χ3v) is 4.57. The molecule has 0 atom stereocenters. The summed E-state index contributed by atoms with van der Waals surface area (Å²) in [6.07, 6.45) is 0. The maximum absolute atomic E-state index is 5.89. The van der Waals surface area contributed by atoms with Gasteiger partial charge in [0.1, 0.15) is 11.5 Å². The Morgan fingerprint density at radius 3 is 2.76 bits per heavy atom. The number of nitrogens with two attached hydrogens (primary N) is 1. The van der Waals surface area contributed by atoms with Gasteiger partial charge >= 0.3 is 0 Å². The summed E-state index contributed by atoms with van der Waals surface area (Å²) in [4.78, 5) is 4.32. The van der Waals surface area contributed by atoms with E-state index >= 15 is 0 Å². The predicted molar refractivity (Wildman–Crippen MR) is 110 cm³/mol. The molecule has 2 aromatic carbocycles. The first-order valence-electron chi connectivity index (χ1n) is 7.84. The number of nitrogens with one attached hydrogen (secondary N) is 1. The molecule has 2 aromatic rings. The molecule has 0 amide bonds. The second-order valence-corrected chi connectivity index (χ2v) is 7.18. The number of hydrogen-bond donors (Lipinski definition) is 2. The molecule has 0 heterocycles. The summed E-state index contributed by atoms with van der Waals surface area (Å²) in [6.45, 7) is 1.33. The molecule has 5 nitrogen and oxygen atoms in total. The molecule has 3 N–H and O–H groups in total. The zero-order valence-corrected chi connectivity index (χ0v) is 16.5. The second kappa shape index (κ2) is 10.9. The standard InChI is InChI=1S/C18H22BrN3O2S/c1-23-16-6-3-5-15(13-16)22-18(20)21-8-10-25-11-9-24-17-7-2-4-14(19)12-17/h2-7,12-13H,8-11H2,1H3,(H3,20,21,22). The number of benzene rings is 2. The molecule has 0 unspecified atom stereocenters. The van der Waals surface area contributed by atoms with Gasteiger partial charge in [-0.2, -0.15) is 11.8 Å². The Bertz CT molecular complexity index is 698. The Morgan fingerprint density at radius 1 is 1.16 bits per heavy atom. The Kier molecular flexibility index (Phi) is 8.48. The molecular formula is C18H22BrN3O2S. The van der Waals surface area contributed by atoms with Crippen LogP contribution >= 0.6 is 27.7 Å². The SMILES string of the molecule is COc1cccc(NC(N)=NCCSCCOc2cccc(Br)c2)c1. The van der Waals surface area contributed by atoms with Gasteiger partial charge in [-0.15, -0.1) is 0 Å². The van der Waals surface area contributed by atoms with Crippen LogP contribution in [0.3, 0.4) is 0 Å². The first-order valence-corrected chi connectivity index (χ1v) is 9.79. The van der Waals surface area contributed by atoms with Crippen molar-refractivity contribution >= 4 is 39.3 Å². The average Bonchev–Trinajstić information content (AvgIpc) is 2.61. The van der Waals surface area contributed by atoms with Gasteiger partial charge in [-0.1, -0.05) is 28.1 Å². The van der Waals surface area contributed by atoms with E-state index in [1.165, 1.54) is 0 Å². The third-order valence-electron chi connectivity index (χ3n) is 3.15. The second-order valence-electron chi connectivity index (χ2n) is 5.04. The van der Waals surface area contributed by atoms with Crippen molar-refractivity contribution in [3.8, 4) is 11.5 Å². The molecule has 0 aliphatic heterocycles. The maximum atomic E-state index is 5.89. The van der Waals surface area contributed by atoms with E-state index in [-0.39, 0.29) is 0 Å². The summed E-state index contributed by atoms with van der Waals surface area (Å²) in [5.74, 6) is 3.85. The van der Waals surface area contributed by atoms with Crippen LogP contribution in [0.1, 0.15) is 0 Å². The van der Waals surface area contributed by atoms with Crippen LogP contribution in [0.4, 0.5) is 5.69 Å². The van der Waals surface area contributed by atoms with Crippen LogP contribution in [-0.2, 0) is 0 Å². The number of aliphatic imine (C=N–C) groups is 1. The highest BCUT2D eigenvalue weighted by Gasteiger charge is 1.98. The normalized spacial score (nSPS) is 11.2. The highest BCUT2D eigenvalue weighted by Crippen LogP contribution is 2.18. The Labute approximate surface area is 161 Å². The zero-order valence-electron chi connectivity index (χ0n) is 14.1. The maximum Gasteiger partial charge on any atom is 0.193 e. The van der Waals surface area contributed by atoms with Crippen LogP contribution in [0.25, 0.3) is 0 Å². The van der Waals surface area contributed by atoms with Gasteiger partial charge in [-0.05, 0) is 30.3 Å². The summed E-state index contributed by atoms with van der Waals surface area (Å²) < 4.78 is 11.9. The summed E-state index contributed by atoms with van der Waals surface area (Å²) >= 11 is 5.21. The van der Waals surface area contributed by atoms with Gasteiger partial charge in [0.25, 0.3) is 0 Å². The average molecular weight is 424 g/mol. The number of thioether (sulfide) groups is 1. The van der Waals surface area contributed by atoms with Crippen molar-refractivity contribution in [1.82, 2.24) is 0 Å². The van der Waals surface area contributed by atoms with E-state index < -0.39 is 0 Å². The number of anilines is 1. The molecule has 7 heteroatoms. The van der Waals surface area contributed by atoms with Gasteiger partial charge < -0.3 is 20.5 Å². The lowest BCUT2D eigenvalue weighted by Gasteiger charge is -2.07. The highest BCUT2D eigenvalue weighted by atomic mass is 79.9. The summed E-state index contributed by atoms with van der Waals surface area (Å²) in [5, 5.41) is 3.05. The third kappa shape index (κ3) is 7.70. The first-order chi connectivity index (χ1) is 12.2. The van der Waals surface area contributed by atoms with E-state index in [4.69, 9.17) is 15.2 Å². The van der Waals surface area contributed by atoms with Gasteiger partial charge in [0, 0.05) is 27.7 Å². The molecule has 25 heavy (non-hydrogen) atoms. The van der Waals surface area contributed by atoms with E-state index in [0.29, 0.717) is 19.1 Å². The summed E-state index contributed by atoms with van der Waals surface area (Å²) in [7, 11) is 1.63. The van der Waals surface area contributed by atoms with Gasteiger partial charge in [-0.25, -0.2) is 0 Å². The number of hydrogen-bond acceptors (Lipinski definition) is 4. The van der Waals surface area contributed by atoms with E-state index in [0.717, 1.165) is 33.2 Å². The van der Waals surface area contributed by atoms with Crippen molar-refractivity contribution in [1.29, 1.82) is 0 Å². The number of nitrogens with zero attached hydrogens (tertiary/aromatic N) is 1. The fourth-order valence-electron chi connectivity index (χ4n) is 2.00. The topological polar surface area (TPSA) is 68.9 Å². The lowest BCUT2D eigenvalue weighted by Crippen LogP contribution is -2.23. The van der Waals surface area contributed by atoms with Crippen LogP contribution in [-0.4, -0.2) is 37.7 Å². The fourth-order valence-corrected chi connectivity index (χ4v) is 3.00. The van der Waals surface area contributed by atoms with Crippen LogP contribution in [0, 0.1) is 0 Å². The molecule has 0 bridgehead atoms. The molecular weight excluding hydrogens is 402 g/mol. The lowest BCUT2D eigenvalue weighted by molar-refractivity contribution is 0.344. The molecule has 0 aliphatic rings. The molecule has 0 radical (unpaired) electrons. The minimum atomic E-state index is 0.402. The van der Waals surface area contributed by atoms with Gasteiger partial charge in [0.2, 0.25) is 0 Å². The zero-order chi connectivity index (χ0) is 17.9. The Hall–Kier alpha value is -1.86. The van der Waals surface area contributed by atoms with E-state index in [2.05, 4.69) is 26.2 Å². The Morgan fingerprint density at radius 2 is 1.96 bits per heavy atom. The van der Waals surface area contributed by atoms with Crippen molar-refractivity contribution in [3.63, 3.8) is 0 Å². The van der Waals surface area contributed by atoms with Crippen LogP contribution in [0.2, 0.25) is 0 Å². The van der Waals surface area contributed by atoms with E-state index in [1.807, 2.05) is 48.5 Å². The van der Waals surface area contributed by atoms with Crippen molar-refractivity contribution in [2.24, 2.45) is 10.7 Å². The van der Waals surface area contributed by atoms with Crippen LogP contribution < -0.4 is 20.5 Å². The number of halogens is 1. The molecule has 2 rings (SSSR count). The number of guanidine groups is 1. The minimum Gasteiger partial charge on any atom is -0.497 e. The quantitative estimate of drug-likeness (QED) is 0.362. The van der Waals surface area contributed by atoms with Crippen molar-refractivity contribution in [2.75, 3.05) is 37.1 Å². The molecule has 134 valence electrons. The lowest BCUT2D eigenvalue weighted by atomic mass is 10.3. The molecule has 0 saturated heterocycles. The molecule has 0 aliphatic carbocycles. The smallest absolute Gasteiger partial charge is 0.193 e. The number of methoxy groups -OCH3 is 1. The van der Waals surface area contributed by atoms with Crippen LogP contribution in [0.5, 0.6) is 11.5 Å². The van der Waals surface area contributed by atoms with Crippen molar-refractivity contribution < 1.29 is 9.47 Å².